The third-order valence-corrected chi connectivity index (χ3v) is 3.76. The minimum atomic E-state index is -0.133. The van der Waals surface area contributed by atoms with Crippen molar-refractivity contribution in [2.24, 2.45) is 0 Å². The molecule has 6 nitrogen and oxygen atoms in total. The van der Waals surface area contributed by atoms with Gasteiger partial charge in [0.15, 0.2) is 0 Å². The molecule has 116 valence electrons. The van der Waals surface area contributed by atoms with Gasteiger partial charge in [0.1, 0.15) is 0 Å². The summed E-state index contributed by atoms with van der Waals surface area (Å²) >= 11 is 0. The van der Waals surface area contributed by atoms with E-state index in [4.69, 9.17) is 4.74 Å². The molecule has 0 radical (unpaired) electrons. The zero-order valence-corrected chi connectivity index (χ0v) is 12.8. The van der Waals surface area contributed by atoms with E-state index in [0.29, 0.717) is 17.9 Å². The average Bonchev–Trinajstić information content (AvgIpc) is 3.18. The first-order chi connectivity index (χ1) is 10.6. The third-order valence-electron chi connectivity index (χ3n) is 3.76. The summed E-state index contributed by atoms with van der Waals surface area (Å²) in [6.07, 6.45) is 4.49. The van der Waals surface area contributed by atoms with Crippen LogP contribution in [0.25, 0.3) is 0 Å². The van der Waals surface area contributed by atoms with Crippen LogP contribution in [0.1, 0.15) is 22.8 Å². The van der Waals surface area contributed by atoms with Crippen LogP contribution in [-0.4, -0.2) is 43.0 Å². The highest BCUT2D eigenvalue weighted by molar-refractivity contribution is 6.04. The van der Waals surface area contributed by atoms with E-state index in [1.807, 2.05) is 48.1 Å². The van der Waals surface area contributed by atoms with Crippen LogP contribution in [0, 0.1) is 0 Å². The zero-order valence-electron chi connectivity index (χ0n) is 12.8. The van der Waals surface area contributed by atoms with Crippen molar-refractivity contribution in [1.29, 1.82) is 0 Å². The molecule has 0 aliphatic carbocycles. The van der Waals surface area contributed by atoms with E-state index in [2.05, 4.69) is 10.4 Å². The Morgan fingerprint density at radius 2 is 2.32 bits per heavy atom. The minimum Gasteiger partial charge on any atom is -0.379 e. The lowest BCUT2D eigenvalue weighted by molar-refractivity contribution is 0.102. The molecule has 1 amide bonds. The number of hydrogen-bond acceptors (Lipinski definition) is 4. The fraction of sp³-hybridized carbons (Fsp3) is 0.375. The van der Waals surface area contributed by atoms with Gasteiger partial charge in [-0.2, -0.15) is 5.10 Å². The van der Waals surface area contributed by atoms with Crippen molar-refractivity contribution in [1.82, 2.24) is 9.78 Å². The number of nitrogens with zero attached hydrogens (tertiary/aromatic N) is 3. The Hall–Kier alpha value is -2.34. The molecule has 1 aliphatic rings. The second kappa shape index (κ2) is 6.19. The topological polar surface area (TPSA) is 59.4 Å². The van der Waals surface area contributed by atoms with E-state index in [9.17, 15) is 4.79 Å². The minimum absolute atomic E-state index is 0.133. The van der Waals surface area contributed by atoms with Crippen molar-refractivity contribution in [3.05, 3.63) is 42.2 Å². The SMILES string of the molecule is CN(C)c1cccc(C(=O)Nc2cnn(C3CCOC3)c2)c1. The molecule has 6 heteroatoms. The number of ether oxygens (including phenoxy) is 1. The van der Waals surface area contributed by atoms with Gasteiger partial charge in [-0.3, -0.25) is 9.48 Å². The summed E-state index contributed by atoms with van der Waals surface area (Å²) in [4.78, 5) is 14.3. The third kappa shape index (κ3) is 3.12. The lowest BCUT2D eigenvalue weighted by Gasteiger charge is -2.13. The van der Waals surface area contributed by atoms with Gasteiger partial charge in [-0.05, 0) is 24.6 Å². The van der Waals surface area contributed by atoms with Gasteiger partial charge < -0.3 is 15.0 Å². The van der Waals surface area contributed by atoms with E-state index in [-0.39, 0.29) is 11.9 Å². The van der Waals surface area contributed by atoms with Crippen molar-refractivity contribution in [3.8, 4) is 0 Å². The van der Waals surface area contributed by atoms with Crippen LogP contribution in [-0.2, 0) is 4.74 Å². The van der Waals surface area contributed by atoms with Crippen molar-refractivity contribution in [2.45, 2.75) is 12.5 Å². The Labute approximate surface area is 129 Å². The molecule has 0 bridgehead atoms. The monoisotopic (exact) mass is 300 g/mol. The molecule has 1 fully saturated rings. The number of benzene rings is 1. The van der Waals surface area contributed by atoms with Crippen molar-refractivity contribution < 1.29 is 9.53 Å². The second-order valence-corrected chi connectivity index (χ2v) is 5.63. The van der Waals surface area contributed by atoms with Crippen molar-refractivity contribution in [2.75, 3.05) is 37.5 Å². The molecule has 3 rings (SSSR count). The van der Waals surface area contributed by atoms with Gasteiger partial charge in [0.2, 0.25) is 0 Å². The van der Waals surface area contributed by atoms with E-state index in [1.54, 1.807) is 12.3 Å². The van der Waals surface area contributed by atoms with Crippen LogP contribution in [0.4, 0.5) is 11.4 Å². The quantitative estimate of drug-likeness (QED) is 0.940. The van der Waals surface area contributed by atoms with E-state index in [1.165, 1.54) is 0 Å². The summed E-state index contributed by atoms with van der Waals surface area (Å²) in [6.45, 7) is 1.45. The number of carbonyl (C=O) groups excluding carboxylic acids is 1. The van der Waals surface area contributed by atoms with Crippen molar-refractivity contribution >= 4 is 17.3 Å². The van der Waals surface area contributed by atoms with E-state index >= 15 is 0 Å². The van der Waals surface area contributed by atoms with Gasteiger partial charge in [0.25, 0.3) is 5.91 Å². The van der Waals surface area contributed by atoms with Gasteiger partial charge in [-0.15, -0.1) is 0 Å². The lowest BCUT2D eigenvalue weighted by atomic mass is 10.2. The number of hydrogen-bond donors (Lipinski definition) is 1. The number of amides is 1. The van der Waals surface area contributed by atoms with Crippen LogP contribution < -0.4 is 10.2 Å². The Morgan fingerprint density at radius 1 is 1.45 bits per heavy atom. The molecule has 1 atom stereocenters. The van der Waals surface area contributed by atoms with Crippen LogP contribution >= 0.6 is 0 Å². The zero-order chi connectivity index (χ0) is 15.5. The molecular weight excluding hydrogens is 280 g/mol. The maximum atomic E-state index is 12.3. The average molecular weight is 300 g/mol. The van der Waals surface area contributed by atoms with Crippen molar-refractivity contribution in [3.63, 3.8) is 0 Å². The fourth-order valence-electron chi connectivity index (χ4n) is 2.46. The molecule has 1 aromatic heterocycles. The maximum absolute atomic E-state index is 12.3. The number of carbonyl (C=O) groups is 1. The molecule has 1 aliphatic heterocycles. The van der Waals surface area contributed by atoms with Crippen LogP contribution in [0.15, 0.2) is 36.7 Å². The second-order valence-electron chi connectivity index (χ2n) is 5.63. The number of rotatable bonds is 4. The van der Waals surface area contributed by atoms with E-state index < -0.39 is 0 Å². The Bertz CT molecular complexity index is 660. The Balaban J connectivity index is 1.70. The van der Waals surface area contributed by atoms with Crippen LogP contribution in [0.2, 0.25) is 0 Å². The molecule has 1 N–H and O–H groups in total. The predicted molar refractivity (Wildman–Crippen MR) is 85.4 cm³/mol. The molecule has 2 heterocycles. The molecule has 0 spiro atoms. The Morgan fingerprint density at radius 3 is 3.05 bits per heavy atom. The first-order valence-corrected chi connectivity index (χ1v) is 7.34. The number of nitrogens with one attached hydrogen (secondary N) is 1. The van der Waals surface area contributed by atoms with Gasteiger partial charge in [0.05, 0.1) is 24.5 Å². The summed E-state index contributed by atoms with van der Waals surface area (Å²) in [6, 6.07) is 7.78. The number of aromatic nitrogens is 2. The predicted octanol–water partition coefficient (Wildman–Crippen LogP) is 2.16. The molecule has 1 saturated heterocycles. The summed E-state index contributed by atoms with van der Waals surface area (Å²) in [5, 5.41) is 7.19. The molecular formula is C16H20N4O2. The van der Waals surface area contributed by atoms with Gasteiger partial charge in [-0.1, -0.05) is 6.07 Å². The highest BCUT2D eigenvalue weighted by Crippen LogP contribution is 2.20. The molecule has 1 aromatic carbocycles. The summed E-state index contributed by atoms with van der Waals surface area (Å²) in [5.74, 6) is -0.133. The van der Waals surface area contributed by atoms with Gasteiger partial charge in [0, 0.05) is 38.1 Å². The highest BCUT2D eigenvalue weighted by atomic mass is 16.5. The highest BCUT2D eigenvalue weighted by Gasteiger charge is 2.18. The largest absolute Gasteiger partial charge is 0.379 e. The molecule has 22 heavy (non-hydrogen) atoms. The first kappa shape index (κ1) is 14.6. The molecule has 2 aromatic rings. The van der Waals surface area contributed by atoms with Crippen LogP contribution in [0.3, 0.4) is 0 Å². The Kier molecular flexibility index (Phi) is 4.11. The normalized spacial score (nSPS) is 17.5. The molecule has 0 saturated carbocycles. The molecule has 1 unspecified atom stereocenters. The van der Waals surface area contributed by atoms with Gasteiger partial charge >= 0.3 is 0 Å². The fourth-order valence-corrected chi connectivity index (χ4v) is 2.46. The standard InChI is InChI=1S/C16H20N4O2/c1-19(2)14-5-3-4-12(8-14)16(21)18-13-9-17-20(10-13)15-6-7-22-11-15/h3-5,8-10,15H,6-7,11H2,1-2H3,(H,18,21). The van der Waals surface area contributed by atoms with E-state index in [0.717, 1.165) is 18.7 Å². The summed E-state index contributed by atoms with van der Waals surface area (Å²) in [7, 11) is 3.90. The summed E-state index contributed by atoms with van der Waals surface area (Å²) in [5.41, 5.74) is 2.32. The lowest BCUT2D eigenvalue weighted by Crippen LogP contribution is -2.14. The maximum Gasteiger partial charge on any atom is 0.255 e. The van der Waals surface area contributed by atoms with Gasteiger partial charge in [-0.25, -0.2) is 0 Å². The van der Waals surface area contributed by atoms with Crippen LogP contribution in [0.5, 0.6) is 0 Å². The smallest absolute Gasteiger partial charge is 0.255 e. The summed E-state index contributed by atoms with van der Waals surface area (Å²) < 4.78 is 7.21. The number of anilines is 2. The first-order valence-electron chi connectivity index (χ1n) is 7.34.